The zero-order valence-corrected chi connectivity index (χ0v) is 24.3. The van der Waals surface area contributed by atoms with Gasteiger partial charge in [0.1, 0.15) is 24.7 Å². The van der Waals surface area contributed by atoms with Crippen LogP contribution in [0.1, 0.15) is 11.1 Å². The van der Waals surface area contributed by atoms with Crippen LogP contribution in [0, 0.1) is 23.1 Å². The SMILES string of the molecule is O=C(CN1C(=O)S/C(=C\c2cc(I)c(OCc3ccc([N+](=O)[O-])cc3)c(I)c2)C1=O)Nc1ccc(F)cc1. The molecule has 1 fully saturated rings. The van der Waals surface area contributed by atoms with Crippen LogP contribution < -0.4 is 10.1 Å². The zero-order chi connectivity index (χ0) is 27.4. The van der Waals surface area contributed by atoms with E-state index in [-0.39, 0.29) is 17.2 Å². The van der Waals surface area contributed by atoms with Crippen molar-refractivity contribution < 1.29 is 28.4 Å². The number of hydrogen-bond acceptors (Lipinski definition) is 7. The summed E-state index contributed by atoms with van der Waals surface area (Å²) in [5.74, 6) is -1.00. The third-order valence-electron chi connectivity index (χ3n) is 5.15. The maximum atomic E-state index is 13.0. The molecule has 1 aliphatic heterocycles. The summed E-state index contributed by atoms with van der Waals surface area (Å²) in [4.78, 5) is 49.0. The first kappa shape index (κ1) is 28.0. The summed E-state index contributed by atoms with van der Waals surface area (Å²) in [6, 6.07) is 14.8. The van der Waals surface area contributed by atoms with E-state index >= 15 is 0 Å². The predicted molar refractivity (Wildman–Crippen MR) is 157 cm³/mol. The van der Waals surface area contributed by atoms with Gasteiger partial charge in [0.05, 0.1) is 17.0 Å². The number of benzene rings is 3. The molecule has 3 aromatic carbocycles. The number of imide groups is 1. The van der Waals surface area contributed by atoms with Crippen molar-refractivity contribution in [3.05, 3.63) is 99.8 Å². The number of anilines is 1. The normalized spacial score (nSPS) is 14.2. The number of carbonyl (C=O) groups excluding carboxylic acids is 3. The Kier molecular flexibility index (Phi) is 8.99. The van der Waals surface area contributed by atoms with Crippen LogP contribution in [0.3, 0.4) is 0 Å². The number of nitro groups is 1. The van der Waals surface area contributed by atoms with Gasteiger partial charge in [-0.25, -0.2) is 4.39 Å². The first-order valence-corrected chi connectivity index (χ1v) is 13.7. The largest absolute Gasteiger partial charge is 0.487 e. The molecule has 0 aromatic heterocycles. The average Bonchev–Trinajstić information content (AvgIpc) is 3.12. The standard InChI is InChI=1S/C25H16FI2N3O6S/c26-16-3-5-17(6-4-16)29-22(32)12-30-24(33)21(38-25(30)34)11-15-9-19(27)23(20(28)10-15)37-13-14-1-7-18(8-2-14)31(35)36/h1-11H,12-13H2,(H,29,32)/b21-11-. The van der Waals surface area contributed by atoms with E-state index in [1.165, 1.54) is 36.4 Å². The Morgan fingerprint density at radius 1 is 1.08 bits per heavy atom. The van der Waals surface area contributed by atoms with E-state index in [9.17, 15) is 28.9 Å². The lowest BCUT2D eigenvalue weighted by molar-refractivity contribution is -0.384. The number of nitrogens with one attached hydrogen (secondary N) is 1. The molecule has 0 spiro atoms. The summed E-state index contributed by atoms with van der Waals surface area (Å²) in [7, 11) is 0. The van der Waals surface area contributed by atoms with Gasteiger partial charge in [-0.05, 0) is 123 Å². The summed E-state index contributed by atoms with van der Waals surface area (Å²) in [6.45, 7) is -0.258. The maximum absolute atomic E-state index is 13.0. The molecule has 0 aliphatic carbocycles. The topological polar surface area (TPSA) is 119 Å². The minimum absolute atomic E-state index is 0.000172. The van der Waals surface area contributed by atoms with Gasteiger partial charge in [-0.2, -0.15) is 0 Å². The molecular weight excluding hydrogens is 743 g/mol. The van der Waals surface area contributed by atoms with Gasteiger partial charge in [0.15, 0.2) is 0 Å². The molecule has 0 bridgehead atoms. The van der Waals surface area contributed by atoms with E-state index in [1.54, 1.807) is 30.3 Å². The number of nitro benzene ring substituents is 1. The fraction of sp³-hybridized carbons (Fsp3) is 0.0800. The molecular formula is C25H16FI2N3O6S. The number of amides is 3. The molecule has 13 heteroatoms. The van der Waals surface area contributed by atoms with Gasteiger partial charge in [-0.3, -0.25) is 29.4 Å². The second-order valence-electron chi connectivity index (χ2n) is 7.85. The van der Waals surface area contributed by atoms with Gasteiger partial charge in [0.2, 0.25) is 5.91 Å². The van der Waals surface area contributed by atoms with Crippen LogP contribution in [-0.4, -0.2) is 33.4 Å². The van der Waals surface area contributed by atoms with Crippen LogP contribution in [0.4, 0.5) is 20.6 Å². The average molecular weight is 759 g/mol. The highest BCUT2D eigenvalue weighted by Crippen LogP contribution is 2.35. The van der Waals surface area contributed by atoms with Gasteiger partial charge in [0.25, 0.3) is 16.8 Å². The number of hydrogen-bond donors (Lipinski definition) is 1. The number of thioether (sulfide) groups is 1. The van der Waals surface area contributed by atoms with Gasteiger partial charge in [-0.15, -0.1) is 0 Å². The Balaban J connectivity index is 1.42. The number of rotatable bonds is 8. The van der Waals surface area contributed by atoms with Crippen LogP contribution >= 0.6 is 56.9 Å². The summed E-state index contributed by atoms with van der Waals surface area (Å²) < 4.78 is 20.5. The van der Waals surface area contributed by atoms with Gasteiger partial charge in [0, 0.05) is 17.8 Å². The third-order valence-corrected chi connectivity index (χ3v) is 7.66. The molecule has 0 atom stereocenters. The Morgan fingerprint density at radius 3 is 2.32 bits per heavy atom. The van der Waals surface area contributed by atoms with E-state index < -0.39 is 34.3 Å². The molecule has 9 nitrogen and oxygen atoms in total. The molecule has 1 heterocycles. The summed E-state index contributed by atoms with van der Waals surface area (Å²) in [5, 5.41) is 12.8. The van der Waals surface area contributed by atoms with Crippen LogP contribution in [0.15, 0.2) is 65.6 Å². The van der Waals surface area contributed by atoms with Crippen LogP contribution in [0.2, 0.25) is 0 Å². The maximum Gasteiger partial charge on any atom is 0.294 e. The molecule has 0 unspecified atom stereocenters. The quantitative estimate of drug-likeness (QED) is 0.126. The lowest BCUT2D eigenvalue weighted by Gasteiger charge is -2.13. The van der Waals surface area contributed by atoms with Crippen molar-refractivity contribution >= 4 is 91.4 Å². The van der Waals surface area contributed by atoms with E-state index in [0.29, 0.717) is 17.0 Å². The number of carbonyl (C=O) groups is 3. The Hall–Kier alpha value is -3.05. The van der Waals surface area contributed by atoms with Crippen molar-refractivity contribution in [3.63, 3.8) is 0 Å². The molecule has 3 amide bonds. The predicted octanol–water partition coefficient (Wildman–Crippen LogP) is 6.20. The highest BCUT2D eigenvalue weighted by molar-refractivity contribution is 14.1. The van der Waals surface area contributed by atoms with Gasteiger partial charge >= 0.3 is 0 Å². The molecule has 0 saturated carbocycles. The molecule has 3 aromatic rings. The van der Waals surface area contributed by atoms with E-state index in [0.717, 1.165) is 29.4 Å². The highest BCUT2D eigenvalue weighted by atomic mass is 127. The summed E-state index contributed by atoms with van der Waals surface area (Å²) in [5.41, 5.74) is 1.78. The first-order chi connectivity index (χ1) is 18.1. The van der Waals surface area contributed by atoms with Crippen LogP contribution in [0.25, 0.3) is 6.08 Å². The van der Waals surface area contributed by atoms with Crippen molar-refractivity contribution in [3.8, 4) is 5.75 Å². The minimum Gasteiger partial charge on any atom is -0.487 e. The second-order valence-corrected chi connectivity index (χ2v) is 11.2. The molecule has 1 N–H and O–H groups in total. The molecule has 0 radical (unpaired) electrons. The lowest BCUT2D eigenvalue weighted by atomic mass is 10.2. The number of halogens is 3. The van der Waals surface area contributed by atoms with E-state index in [2.05, 4.69) is 50.5 Å². The Labute approximate surface area is 247 Å². The van der Waals surface area contributed by atoms with Crippen molar-refractivity contribution in [1.29, 1.82) is 0 Å². The smallest absolute Gasteiger partial charge is 0.294 e. The van der Waals surface area contributed by atoms with Crippen LogP contribution in [-0.2, 0) is 16.2 Å². The van der Waals surface area contributed by atoms with E-state index in [1.807, 2.05) is 0 Å². The number of nitrogens with zero attached hydrogens (tertiary/aromatic N) is 2. The fourth-order valence-corrected chi connectivity index (χ4v) is 6.30. The zero-order valence-electron chi connectivity index (χ0n) is 19.2. The summed E-state index contributed by atoms with van der Waals surface area (Å²) >= 11 is 4.94. The first-order valence-electron chi connectivity index (χ1n) is 10.8. The third kappa shape index (κ3) is 6.87. The monoisotopic (exact) mass is 759 g/mol. The Morgan fingerprint density at radius 2 is 1.71 bits per heavy atom. The van der Waals surface area contributed by atoms with Crippen molar-refractivity contribution in [2.45, 2.75) is 6.61 Å². The molecule has 38 heavy (non-hydrogen) atoms. The molecule has 1 saturated heterocycles. The van der Waals surface area contributed by atoms with Crippen molar-refractivity contribution in [2.24, 2.45) is 0 Å². The molecule has 4 rings (SSSR count). The van der Waals surface area contributed by atoms with Crippen LogP contribution in [0.5, 0.6) is 5.75 Å². The van der Waals surface area contributed by atoms with E-state index in [4.69, 9.17) is 4.74 Å². The van der Waals surface area contributed by atoms with Crippen molar-refractivity contribution in [2.75, 3.05) is 11.9 Å². The Bertz CT molecular complexity index is 1440. The van der Waals surface area contributed by atoms with Gasteiger partial charge < -0.3 is 10.1 Å². The van der Waals surface area contributed by atoms with Gasteiger partial charge in [-0.1, -0.05) is 0 Å². The summed E-state index contributed by atoms with van der Waals surface area (Å²) in [6.07, 6.45) is 1.58. The fourth-order valence-electron chi connectivity index (χ4n) is 3.34. The highest BCUT2D eigenvalue weighted by Gasteiger charge is 2.36. The minimum atomic E-state index is -0.585. The lowest BCUT2D eigenvalue weighted by Crippen LogP contribution is -2.36. The number of non-ortho nitro benzene ring substituents is 1. The second kappa shape index (κ2) is 12.2. The molecule has 1 aliphatic rings. The number of ether oxygens (including phenoxy) is 1. The molecule has 194 valence electrons. The van der Waals surface area contributed by atoms with Crippen molar-refractivity contribution in [1.82, 2.24) is 4.90 Å².